The van der Waals surface area contributed by atoms with Crippen molar-refractivity contribution in [3.8, 4) is 0 Å². The van der Waals surface area contributed by atoms with Gasteiger partial charge in [0.05, 0.1) is 24.3 Å². The molecule has 0 amide bonds. The van der Waals surface area contributed by atoms with E-state index in [4.69, 9.17) is 21.7 Å². The van der Waals surface area contributed by atoms with Gasteiger partial charge in [-0.3, -0.25) is 0 Å². The van der Waals surface area contributed by atoms with Crippen LogP contribution in [0.5, 0.6) is 0 Å². The average Bonchev–Trinajstić information content (AvgIpc) is 3.45. The fourth-order valence-corrected chi connectivity index (χ4v) is 5.10. The first-order chi connectivity index (χ1) is 17.3. The number of hydrogen-bond acceptors (Lipinski definition) is 5. The lowest BCUT2D eigenvalue weighted by atomic mass is 9.84. The quantitative estimate of drug-likeness (QED) is 0.242. The normalized spacial score (nSPS) is 29.7. The summed E-state index contributed by atoms with van der Waals surface area (Å²) in [5, 5.41) is 8.16. The maximum Gasteiger partial charge on any atom is 0.333 e. The lowest BCUT2D eigenvalue weighted by molar-refractivity contribution is -0.870. The van der Waals surface area contributed by atoms with Gasteiger partial charge in [-0.25, -0.2) is 9.38 Å². The van der Waals surface area contributed by atoms with Crippen LogP contribution in [-0.4, -0.2) is 80.0 Å². The van der Waals surface area contributed by atoms with Crippen LogP contribution in [0.2, 0.25) is 0 Å². The van der Waals surface area contributed by atoms with Gasteiger partial charge in [-0.2, -0.15) is 21.5 Å². The van der Waals surface area contributed by atoms with Crippen LogP contribution < -0.4 is 16.2 Å². The Labute approximate surface area is 221 Å². The first-order valence-corrected chi connectivity index (χ1v) is 13.6. The Balaban J connectivity index is 1.73. The van der Waals surface area contributed by atoms with Crippen LogP contribution in [0.1, 0.15) is 58.8 Å². The Kier molecular flexibility index (Phi) is 10.8. The van der Waals surface area contributed by atoms with Crippen molar-refractivity contribution in [2.75, 3.05) is 40.8 Å². The molecule has 3 rings (SSSR count). The second-order valence-electron chi connectivity index (χ2n) is 10.2. The molecule has 2 aliphatic heterocycles. The number of quaternary nitrogens is 1. The summed E-state index contributed by atoms with van der Waals surface area (Å²) < 4.78 is 14.0. The maximum atomic E-state index is 13.7. The summed E-state index contributed by atoms with van der Waals surface area (Å²) in [7, 11) is 6.11. The molecular weight excluding hydrogens is 479 g/mol. The molecule has 202 valence electrons. The Morgan fingerprint density at radius 2 is 2.17 bits per heavy atom. The van der Waals surface area contributed by atoms with Gasteiger partial charge in [-0.15, -0.1) is 10.9 Å². The summed E-state index contributed by atoms with van der Waals surface area (Å²) in [5.41, 5.74) is 8.12. The standard InChI is InChI=1S/C26H44ClFN8/c1-19(27)22(28)14-11-15-30-25-31-26(35(4)17-16-29-3)36(5,34-25)20(2)23-18-24(33-32-23)21-12-9-7-6-8-10-13-21/h11-12,14,20-21,24,29,33H,6-10,13,15-18H2,1-5H3,(H,30,34)/b14-11-,22-19-. The molecule has 1 fully saturated rings. The zero-order chi connectivity index (χ0) is 26.1. The summed E-state index contributed by atoms with van der Waals surface area (Å²) in [6.45, 7) is 5.66. The van der Waals surface area contributed by atoms with Crippen molar-refractivity contribution in [2.45, 2.75) is 70.9 Å². The van der Waals surface area contributed by atoms with Crippen LogP contribution in [0.25, 0.3) is 0 Å². The van der Waals surface area contributed by atoms with E-state index in [0.29, 0.717) is 29.1 Å². The third-order valence-electron chi connectivity index (χ3n) is 7.47. The van der Waals surface area contributed by atoms with Gasteiger partial charge in [0.25, 0.3) is 5.96 Å². The van der Waals surface area contributed by atoms with E-state index in [9.17, 15) is 4.39 Å². The molecular formula is C26H44ClFN8. The number of rotatable bonds is 9. The van der Waals surface area contributed by atoms with Crippen molar-refractivity contribution in [2.24, 2.45) is 21.0 Å². The zero-order valence-electron chi connectivity index (χ0n) is 22.5. The number of nitrogens with zero attached hydrogens (tertiary/aromatic N) is 5. The van der Waals surface area contributed by atoms with Gasteiger partial charge < -0.3 is 22.1 Å². The van der Waals surface area contributed by atoms with E-state index < -0.39 is 5.83 Å². The van der Waals surface area contributed by atoms with E-state index in [1.54, 1.807) is 6.08 Å². The van der Waals surface area contributed by atoms with Gasteiger partial charge in [0.1, 0.15) is 5.83 Å². The van der Waals surface area contributed by atoms with Gasteiger partial charge in [0.2, 0.25) is 0 Å². The summed E-state index contributed by atoms with van der Waals surface area (Å²) >= 11 is 5.69. The Morgan fingerprint density at radius 1 is 1.39 bits per heavy atom. The molecule has 0 radical (unpaired) electrons. The molecule has 36 heavy (non-hydrogen) atoms. The molecule has 8 nitrogen and oxygen atoms in total. The number of aliphatic imine (C=N–C) groups is 2. The third-order valence-corrected chi connectivity index (χ3v) is 7.65. The topological polar surface area (TPSA) is 76.4 Å². The minimum atomic E-state index is -0.454. The first kappa shape index (κ1) is 28.6. The summed E-state index contributed by atoms with van der Waals surface area (Å²) in [6.07, 6.45) is 14.2. The van der Waals surface area contributed by atoms with Gasteiger partial charge in [-0.1, -0.05) is 49.8 Å². The molecule has 0 spiro atoms. The molecule has 3 N–H and O–H groups in total. The van der Waals surface area contributed by atoms with Crippen molar-refractivity contribution in [3.05, 3.63) is 29.4 Å². The zero-order valence-corrected chi connectivity index (χ0v) is 23.3. The average molecular weight is 523 g/mol. The molecule has 10 heteroatoms. The summed E-state index contributed by atoms with van der Waals surface area (Å²) in [4.78, 5) is 11.6. The summed E-state index contributed by atoms with van der Waals surface area (Å²) in [5.74, 6) is 1.52. The number of likely N-dealkylation sites (N-methyl/N-ethyl adjacent to an activating group) is 2. The van der Waals surface area contributed by atoms with Crippen molar-refractivity contribution < 1.29 is 8.98 Å². The molecule has 4 atom stereocenters. The van der Waals surface area contributed by atoms with Crippen molar-refractivity contribution in [1.82, 2.24) is 21.1 Å². The molecule has 0 aromatic heterocycles. The van der Waals surface area contributed by atoms with Crippen LogP contribution in [0.4, 0.5) is 4.39 Å². The van der Waals surface area contributed by atoms with E-state index >= 15 is 0 Å². The lowest BCUT2D eigenvalue weighted by Gasteiger charge is -2.37. The lowest BCUT2D eigenvalue weighted by Crippen LogP contribution is -2.66. The Morgan fingerprint density at radius 3 is 2.92 bits per heavy atom. The van der Waals surface area contributed by atoms with E-state index in [2.05, 4.69) is 46.5 Å². The van der Waals surface area contributed by atoms with Gasteiger partial charge in [0, 0.05) is 32.6 Å². The largest absolute Gasteiger partial charge is 0.333 e. The predicted octanol–water partition coefficient (Wildman–Crippen LogP) is 4.09. The van der Waals surface area contributed by atoms with Crippen LogP contribution in [0.15, 0.2) is 38.1 Å². The van der Waals surface area contributed by atoms with E-state index in [-0.39, 0.29) is 11.1 Å². The van der Waals surface area contributed by atoms with Gasteiger partial charge in [-0.05, 0) is 27.0 Å². The van der Waals surface area contributed by atoms with Gasteiger partial charge >= 0.3 is 5.96 Å². The monoisotopic (exact) mass is 522 g/mol. The smallest absolute Gasteiger partial charge is 0.323 e. The maximum absolute atomic E-state index is 13.7. The van der Waals surface area contributed by atoms with Gasteiger partial charge in [0.15, 0.2) is 6.04 Å². The van der Waals surface area contributed by atoms with Crippen molar-refractivity contribution >= 4 is 29.2 Å². The molecule has 2 heterocycles. The third kappa shape index (κ3) is 7.29. The van der Waals surface area contributed by atoms with Crippen molar-refractivity contribution in [3.63, 3.8) is 0 Å². The summed E-state index contributed by atoms with van der Waals surface area (Å²) in [6, 6.07) is 0.415. The van der Waals surface area contributed by atoms with Crippen LogP contribution in [0.3, 0.4) is 0 Å². The minimum absolute atomic E-state index is 0.0503. The van der Waals surface area contributed by atoms with E-state index in [0.717, 1.165) is 31.2 Å². The van der Waals surface area contributed by atoms with Crippen LogP contribution >= 0.6 is 11.6 Å². The molecule has 3 aliphatic rings. The highest BCUT2D eigenvalue weighted by Gasteiger charge is 2.48. The second kappa shape index (κ2) is 13.5. The number of nitrogens with one attached hydrogen (secondary N) is 3. The van der Waals surface area contributed by atoms with Crippen LogP contribution in [-0.2, 0) is 0 Å². The molecule has 0 aromatic rings. The highest BCUT2D eigenvalue weighted by atomic mass is 35.5. The Bertz CT molecular complexity index is 886. The molecule has 4 unspecified atom stereocenters. The number of hydrazone groups is 1. The number of hydrogen-bond donors (Lipinski definition) is 3. The highest BCUT2D eigenvalue weighted by molar-refractivity contribution is 6.29. The molecule has 1 saturated carbocycles. The minimum Gasteiger partial charge on any atom is -0.323 e. The SMILES string of the molecule is CNCCN(C)C1=NC(=NC/C=C\C(F)=C(/C)Cl)N[N+]1(C)C(C)C1=NNC(C2[CH-]CCCCCC2)C1. The first-order valence-electron chi connectivity index (χ1n) is 13.2. The Hall–Kier alpha value is -1.97. The number of allylic oxidation sites excluding steroid dienone is 3. The fraction of sp³-hybridized carbons (Fsp3) is 0.692. The molecule has 0 bridgehead atoms. The van der Waals surface area contributed by atoms with E-state index in [1.165, 1.54) is 51.5 Å². The van der Waals surface area contributed by atoms with Crippen LogP contribution in [0, 0.1) is 12.3 Å². The molecule has 1 aliphatic carbocycles. The molecule has 0 saturated heterocycles. The predicted molar refractivity (Wildman–Crippen MR) is 148 cm³/mol. The number of halogens is 2. The number of guanidine groups is 2. The second-order valence-corrected chi connectivity index (χ2v) is 10.7. The molecule has 0 aromatic carbocycles. The highest BCUT2D eigenvalue weighted by Crippen LogP contribution is 2.29. The van der Waals surface area contributed by atoms with E-state index in [1.807, 2.05) is 14.1 Å². The van der Waals surface area contributed by atoms with Crippen molar-refractivity contribution in [1.29, 1.82) is 0 Å². The fourth-order valence-electron chi connectivity index (χ4n) is 5.04.